The van der Waals surface area contributed by atoms with Crippen molar-refractivity contribution in [3.8, 4) is 0 Å². The van der Waals surface area contributed by atoms with Gasteiger partial charge in [-0.3, -0.25) is 9.52 Å². The van der Waals surface area contributed by atoms with Crippen molar-refractivity contribution in [2.45, 2.75) is 18.4 Å². The number of nitrogens with zero attached hydrogens (tertiary/aromatic N) is 2. The Kier molecular flexibility index (Phi) is 7.65. The number of allylic oxidation sites excluding steroid dienone is 1. The van der Waals surface area contributed by atoms with Crippen LogP contribution in [0, 0.1) is 5.82 Å². The lowest BCUT2D eigenvalue weighted by atomic mass is 10.2. The predicted molar refractivity (Wildman–Crippen MR) is 140 cm³/mol. The summed E-state index contributed by atoms with van der Waals surface area (Å²) in [7, 11) is -3.92. The van der Waals surface area contributed by atoms with Crippen molar-refractivity contribution in [1.29, 1.82) is 0 Å². The molecule has 0 aliphatic carbocycles. The second-order valence-electron chi connectivity index (χ2n) is 7.74. The topological polar surface area (TPSA) is 107 Å². The third-order valence-corrected chi connectivity index (χ3v) is 7.65. The predicted octanol–water partition coefficient (Wildman–Crippen LogP) is 4.75. The van der Waals surface area contributed by atoms with Crippen LogP contribution in [0.4, 0.5) is 10.1 Å². The molecule has 0 bridgehead atoms. The maximum atomic E-state index is 13.1. The molecular formula is C26H22FN3O5S2. The number of nitrogens with one attached hydrogen (secondary N) is 1. The van der Waals surface area contributed by atoms with Gasteiger partial charge in [0.15, 0.2) is 4.80 Å². The number of aromatic nitrogens is 1. The number of thiazole rings is 1. The molecule has 4 aromatic rings. The average Bonchev–Trinajstić information content (AvgIpc) is 3.21. The second kappa shape index (κ2) is 10.9. The van der Waals surface area contributed by atoms with Crippen LogP contribution in [0.15, 0.2) is 89.3 Å². The lowest BCUT2D eigenvalue weighted by molar-refractivity contribution is 0.0526. The van der Waals surface area contributed by atoms with Gasteiger partial charge in [-0.15, -0.1) is 6.58 Å². The first kappa shape index (κ1) is 26.0. The summed E-state index contributed by atoms with van der Waals surface area (Å²) in [6.45, 7) is 6.16. The monoisotopic (exact) mass is 539 g/mol. The molecule has 1 aromatic heterocycles. The number of hydrogen-bond acceptors (Lipinski definition) is 6. The molecule has 0 atom stereocenters. The zero-order valence-corrected chi connectivity index (χ0v) is 21.3. The minimum absolute atomic E-state index is 0.0910. The Balaban J connectivity index is 1.61. The quantitative estimate of drug-likeness (QED) is 0.257. The van der Waals surface area contributed by atoms with Crippen molar-refractivity contribution >= 4 is 49.1 Å². The van der Waals surface area contributed by atoms with Gasteiger partial charge in [-0.25, -0.2) is 17.6 Å². The molecule has 8 nitrogen and oxygen atoms in total. The third-order valence-electron chi connectivity index (χ3n) is 5.21. The van der Waals surface area contributed by atoms with Crippen LogP contribution in [0.3, 0.4) is 0 Å². The van der Waals surface area contributed by atoms with Gasteiger partial charge < -0.3 is 9.30 Å². The lowest BCUT2D eigenvalue weighted by Crippen LogP contribution is -2.16. The SMILES string of the molecule is C=CCn1c(=NC(=O)c2ccc(NS(=O)(=O)c3ccc(F)cc3)cc2)sc2cc(C(=O)OCC)ccc21. The summed E-state index contributed by atoms with van der Waals surface area (Å²) < 4.78 is 48.1. The van der Waals surface area contributed by atoms with Gasteiger partial charge in [0, 0.05) is 17.8 Å². The van der Waals surface area contributed by atoms with E-state index in [0.29, 0.717) is 16.9 Å². The van der Waals surface area contributed by atoms with Crippen LogP contribution < -0.4 is 9.52 Å². The van der Waals surface area contributed by atoms with E-state index in [2.05, 4.69) is 16.3 Å². The summed E-state index contributed by atoms with van der Waals surface area (Å²) in [5.41, 5.74) is 1.67. The number of hydrogen-bond donors (Lipinski definition) is 1. The molecule has 0 radical (unpaired) electrons. The summed E-state index contributed by atoms with van der Waals surface area (Å²) in [4.78, 5) is 29.6. The Bertz CT molecular complexity index is 1660. The van der Waals surface area contributed by atoms with E-state index in [1.54, 1.807) is 31.2 Å². The summed E-state index contributed by atoms with van der Waals surface area (Å²) in [6, 6.07) is 15.4. The van der Waals surface area contributed by atoms with Crippen molar-refractivity contribution in [2.75, 3.05) is 11.3 Å². The molecule has 37 heavy (non-hydrogen) atoms. The van der Waals surface area contributed by atoms with Gasteiger partial charge in [0.05, 0.1) is 27.3 Å². The molecular weight excluding hydrogens is 517 g/mol. The summed E-state index contributed by atoms with van der Waals surface area (Å²) in [5, 5.41) is 0. The fraction of sp³-hybridized carbons (Fsp3) is 0.115. The van der Waals surface area contributed by atoms with Crippen LogP contribution in [-0.4, -0.2) is 31.5 Å². The highest BCUT2D eigenvalue weighted by Crippen LogP contribution is 2.21. The third kappa shape index (κ3) is 5.84. The highest BCUT2D eigenvalue weighted by Gasteiger charge is 2.15. The molecule has 1 amide bonds. The van der Waals surface area contributed by atoms with E-state index in [9.17, 15) is 22.4 Å². The van der Waals surface area contributed by atoms with Crippen LogP contribution in [0.5, 0.6) is 0 Å². The molecule has 0 fully saturated rings. The molecule has 0 saturated heterocycles. The molecule has 0 spiro atoms. The number of ether oxygens (including phenoxy) is 1. The molecule has 4 rings (SSSR count). The highest BCUT2D eigenvalue weighted by molar-refractivity contribution is 7.92. The molecule has 0 aliphatic heterocycles. The van der Waals surface area contributed by atoms with Crippen molar-refractivity contribution in [3.63, 3.8) is 0 Å². The second-order valence-corrected chi connectivity index (χ2v) is 10.4. The molecule has 11 heteroatoms. The summed E-state index contributed by atoms with van der Waals surface area (Å²) in [6.07, 6.45) is 1.68. The zero-order valence-electron chi connectivity index (χ0n) is 19.7. The summed E-state index contributed by atoms with van der Waals surface area (Å²) in [5.74, 6) is -1.50. The minimum atomic E-state index is -3.92. The van der Waals surface area contributed by atoms with E-state index >= 15 is 0 Å². The first-order valence-electron chi connectivity index (χ1n) is 11.1. The van der Waals surface area contributed by atoms with Gasteiger partial charge in [0.25, 0.3) is 15.9 Å². The molecule has 190 valence electrons. The van der Waals surface area contributed by atoms with E-state index in [-0.39, 0.29) is 22.8 Å². The maximum Gasteiger partial charge on any atom is 0.338 e. The van der Waals surface area contributed by atoms with Crippen molar-refractivity contribution in [1.82, 2.24) is 4.57 Å². The van der Waals surface area contributed by atoms with E-state index in [1.165, 1.54) is 35.6 Å². The van der Waals surface area contributed by atoms with Crippen LogP contribution in [0.2, 0.25) is 0 Å². The van der Waals surface area contributed by atoms with Gasteiger partial charge >= 0.3 is 5.97 Å². The van der Waals surface area contributed by atoms with E-state index in [0.717, 1.165) is 34.5 Å². The number of carbonyl (C=O) groups excluding carboxylic acids is 2. The van der Waals surface area contributed by atoms with Crippen molar-refractivity contribution < 1.29 is 27.1 Å². The van der Waals surface area contributed by atoms with Crippen LogP contribution in [0.1, 0.15) is 27.6 Å². The molecule has 0 saturated carbocycles. The van der Waals surface area contributed by atoms with Crippen LogP contribution in [0.25, 0.3) is 10.2 Å². The van der Waals surface area contributed by atoms with Crippen molar-refractivity contribution in [2.24, 2.45) is 4.99 Å². The zero-order chi connectivity index (χ0) is 26.6. The van der Waals surface area contributed by atoms with Gasteiger partial charge in [-0.05, 0) is 73.7 Å². The number of anilines is 1. The fourth-order valence-electron chi connectivity index (χ4n) is 3.47. The van der Waals surface area contributed by atoms with Crippen LogP contribution in [-0.2, 0) is 21.3 Å². The Morgan fingerprint density at radius 3 is 2.41 bits per heavy atom. The fourth-order valence-corrected chi connectivity index (χ4v) is 5.60. The number of esters is 1. The number of amides is 1. The molecule has 0 aliphatic rings. The highest BCUT2D eigenvalue weighted by atomic mass is 32.2. The van der Waals surface area contributed by atoms with E-state index in [4.69, 9.17) is 4.74 Å². The van der Waals surface area contributed by atoms with Gasteiger partial charge in [0.1, 0.15) is 5.82 Å². The van der Waals surface area contributed by atoms with E-state index < -0.39 is 27.7 Å². The largest absolute Gasteiger partial charge is 0.462 e. The van der Waals surface area contributed by atoms with Crippen LogP contribution >= 0.6 is 11.3 Å². The minimum Gasteiger partial charge on any atom is -0.462 e. The number of carbonyl (C=O) groups is 2. The Morgan fingerprint density at radius 1 is 1.08 bits per heavy atom. The first-order valence-corrected chi connectivity index (χ1v) is 13.4. The first-order chi connectivity index (χ1) is 17.7. The Morgan fingerprint density at radius 2 is 1.76 bits per heavy atom. The van der Waals surface area contributed by atoms with Gasteiger partial charge in [-0.2, -0.15) is 4.99 Å². The van der Waals surface area contributed by atoms with E-state index in [1.807, 2.05) is 4.57 Å². The Hall–Kier alpha value is -4.09. The smallest absolute Gasteiger partial charge is 0.338 e. The molecule has 1 heterocycles. The lowest BCUT2D eigenvalue weighted by Gasteiger charge is -2.08. The standard InChI is InChI=1S/C26H22FN3O5S2/c1-3-15-30-22-14-7-18(25(32)35-4-2)16-23(22)36-26(30)28-24(31)17-5-10-20(11-6-17)29-37(33,34)21-12-8-19(27)9-13-21/h3,5-14,16,29H,1,4,15H2,2H3. The van der Waals surface area contributed by atoms with Gasteiger partial charge in [-0.1, -0.05) is 17.4 Å². The number of fused-ring (bicyclic) bond motifs is 1. The number of sulfonamides is 1. The number of halogens is 1. The molecule has 1 N–H and O–H groups in total. The average molecular weight is 540 g/mol. The summed E-state index contributed by atoms with van der Waals surface area (Å²) >= 11 is 1.25. The number of benzene rings is 3. The Labute approximate surface area is 216 Å². The molecule has 0 unspecified atom stereocenters. The molecule has 3 aromatic carbocycles. The number of rotatable bonds is 8. The van der Waals surface area contributed by atoms with Gasteiger partial charge in [0.2, 0.25) is 0 Å². The maximum absolute atomic E-state index is 13.1. The normalized spacial score (nSPS) is 11.9. The van der Waals surface area contributed by atoms with Crippen molar-refractivity contribution in [3.05, 3.63) is 101 Å².